The standard InChI is InChI=1S/C18H19N3O2S/c1-20(2)14-15-6-5-7-16(12-15)18-9-8-17(13-19-18)24(22,23)21-10-3-4-11-21/h3-13H,14H2,1-2H3. The van der Waals surface area contributed by atoms with Crippen LogP contribution in [-0.4, -0.2) is 36.4 Å². The largest absolute Gasteiger partial charge is 0.305 e. The highest BCUT2D eigenvalue weighted by atomic mass is 32.2. The summed E-state index contributed by atoms with van der Waals surface area (Å²) in [6, 6.07) is 14.8. The number of nitrogens with zero attached hydrogens (tertiary/aromatic N) is 3. The van der Waals surface area contributed by atoms with E-state index < -0.39 is 10.0 Å². The predicted octanol–water partition coefficient (Wildman–Crippen LogP) is 2.85. The van der Waals surface area contributed by atoms with Gasteiger partial charge in [-0.3, -0.25) is 4.98 Å². The molecule has 0 saturated heterocycles. The van der Waals surface area contributed by atoms with Crippen LogP contribution in [0.15, 0.2) is 72.0 Å². The van der Waals surface area contributed by atoms with Crippen molar-refractivity contribution in [3.8, 4) is 11.3 Å². The van der Waals surface area contributed by atoms with Gasteiger partial charge in [0.1, 0.15) is 4.90 Å². The van der Waals surface area contributed by atoms with Gasteiger partial charge in [0.15, 0.2) is 0 Å². The molecular weight excluding hydrogens is 322 g/mol. The summed E-state index contributed by atoms with van der Waals surface area (Å²) in [5.41, 5.74) is 2.91. The highest BCUT2D eigenvalue weighted by molar-refractivity contribution is 7.90. The van der Waals surface area contributed by atoms with Gasteiger partial charge >= 0.3 is 0 Å². The van der Waals surface area contributed by atoms with Crippen LogP contribution in [-0.2, 0) is 16.6 Å². The molecule has 0 radical (unpaired) electrons. The third kappa shape index (κ3) is 3.39. The van der Waals surface area contributed by atoms with Crippen LogP contribution in [0.3, 0.4) is 0 Å². The van der Waals surface area contributed by atoms with E-state index in [1.165, 1.54) is 28.1 Å². The molecule has 0 aliphatic heterocycles. The van der Waals surface area contributed by atoms with Crippen molar-refractivity contribution < 1.29 is 8.42 Å². The fourth-order valence-electron chi connectivity index (χ4n) is 2.50. The highest BCUT2D eigenvalue weighted by Crippen LogP contribution is 2.21. The summed E-state index contributed by atoms with van der Waals surface area (Å²) in [5, 5.41) is 0. The third-order valence-electron chi connectivity index (χ3n) is 3.61. The molecule has 3 aromatic rings. The lowest BCUT2D eigenvalue weighted by Crippen LogP contribution is -2.11. The van der Waals surface area contributed by atoms with E-state index in [4.69, 9.17) is 0 Å². The van der Waals surface area contributed by atoms with Crippen molar-refractivity contribution in [1.29, 1.82) is 0 Å². The second-order valence-corrected chi connectivity index (χ2v) is 7.68. The summed E-state index contributed by atoms with van der Waals surface area (Å²) in [6.07, 6.45) is 4.42. The average molecular weight is 341 g/mol. The van der Waals surface area contributed by atoms with Crippen LogP contribution in [0.4, 0.5) is 0 Å². The normalized spacial score (nSPS) is 11.8. The van der Waals surface area contributed by atoms with Crippen LogP contribution in [0.1, 0.15) is 5.56 Å². The van der Waals surface area contributed by atoms with Crippen LogP contribution in [0, 0.1) is 0 Å². The van der Waals surface area contributed by atoms with E-state index in [0.29, 0.717) is 0 Å². The first-order valence-corrected chi connectivity index (χ1v) is 8.99. The molecule has 24 heavy (non-hydrogen) atoms. The van der Waals surface area contributed by atoms with Gasteiger partial charge in [-0.25, -0.2) is 12.4 Å². The summed E-state index contributed by atoms with van der Waals surface area (Å²) in [5.74, 6) is 0. The van der Waals surface area contributed by atoms with Gasteiger partial charge in [0.2, 0.25) is 0 Å². The molecule has 3 rings (SSSR count). The van der Waals surface area contributed by atoms with E-state index >= 15 is 0 Å². The van der Waals surface area contributed by atoms with Crippen molar-refractivity contribution in [3.63, 3.8) is 0 Å². The summed E-state index contributed by atoms with van der Waals surface area (Å²) in [7, 11) is 0.468. The number of benzene rings is 1. The average Bonchev–Trinajstić information content (AvgIpc) is 3.10. The Kier molecular flexibility index (Phi) is 4.51. The monoisotopic (exact) mass is 341 g/mol. The van der Waals surface area contributed by atoms with Gasteiger partial charge in [0.25, 0.3) is 10.0 Å². The lowest BCUT2D eigenvalue weighted by Gasteiger charge is -2.11. The van der Waals surface area contributed by atoms with Crippen molar-refractivity contribution in [2.75, 3.05) is 14.1 Å². The predicted molar refractivity (Wildman–Crippen MR) is 94.1 cm³/mol. The minimum Gasteiger partial charge on any atom is -0.305 e. The van der Waals surface area contributed by atoms with Gasteiger partial charge in [-0.05, 0) is 50.0 Å². The van der Waals surface area contributed by atoms with Crippen molar-refractivity contribution in [2.24, 2.45) is 0 Å². The summed E-state index contributed by atoms with van der Waals surface area (Å²) in [4.78, 5) is 6.61. The van der Waals surface area contributed by atoms with Crippen LogP contribution in [0.2, 0.25) is 0 Å². The van der Waals surface area contributed by atoms with Crippen LogP contribution < -0.4 is 0 Å². The molecule has 0 N–H and O–H groups in total. The molecule has 0 aliphatic rings. The SMILES string of the molecule is CN(C)Cc1cccc(-c2ccc(S(=O)(=O)n3cccc3)cn2)c1. The van der Waals surface area contributed by atoms with Gasteiger partial charge in [-0.1, -0.05) is 18.2 Å². The summed E-state index contributed by atoms with van der Waals surface area (Å²) < 4.78 is 26.1. The van der Waals surface area contributed by atoms with Gasteiger partial charge in [0.05, 0.1) is 5.69 Å². The van der Waals surface area contributed by atoms with Gasteiger partial charge < -0.3 is 4.90 Å². The van der Waals surface area contributed by atoms with Crippen molar-refractivity contribution in [1.82, 2.24) is 13.9 Å². The maximum absolute atomic E-state index is 12.4. The molecular formula is C18H19N3O2S. The second kappa shape index (κ2) is 6.59. The number of rotatable bonds is 5. The summed E-state index contributed by atoms with van der Waals surface area (Å²) >= 11 is 0. The molecule has 2 aromatic heterocycles. The zero-order chi connectivity index (χ0) is 17.2. The topological polar surface area (TPSA) is 55.2 Å². The highest BCUT2D eigenvalue weighted by Gasteiger charge is 2.16. The summed E-state index contributed by atoms with van der Waals surface area (Å²) in [6.45, 7) is 0.841. The van der Waals surface area contributed by atoms with E-state index in [1.54, 1.807) is 24.3 Å². The molecule has 124 valence electrons. The van der Waals surface area contributed by atoms with Crippen LogP contribution >= 0.6 is 0 Å². The molecule has 0 atom stereocenters. The van der Waals surface area contributed by atoms with E-state index in [2.05, 4.69) is 22.0 Å². The minimum atomic E-state index is -3.57. The Morgan fingerprint density at radius 2 is 1.79 bits per heavy atom. The van der Waals surface area contributed by atoms with E-state index in [1.807, 2.05) is 26.2 Å². The van der Waals surface area contributed by atoms with Gasteiger partial charge in [0, 0.05) is 30.7 Å². The van der Waals surface area contributed by atoms with E-state index in [0.717, 1.165) is 17.8 Å². The Bertz CT molecular complexity index is 915. The van der Waals surface area contributed by atoms with Crippen LogP contribution in [0.25, 0.3) is 11.3 Å². The zero-order valence-corrected chi connectivity index (χ0v) is 14.4. The first kappa shape index (κ1) is 16.4. The number of aromatic nitrogens is 2. The number of hydrogen-bond donors (Lipinski definition) is 0. The fourth-order valence-corrected chi connectivity index (χ4v) is 3.63. The zero-order valence-electron chi connectivity index (χ0n) is 13.6. The molecule has 0 aliphatic carbocycles. The van der Waals surface area contributed by atoms with Crippen LogP contribution in [0.5, 0.6) is 0 Å². The maximum Gasteiger partial charge on any atom is 0.269 e. The molecule has 0 unspecified atom stereocenters. The van der Waals surface area contributed by atoms with Gasteiger partial charge in [-0.2, -0.15) is 0 Å². The maximum atomic E-state index is 12.4. The second-order valence-electron chi connectivity index (χ2n) is 5.84. The van der Waals surface area contributed by atoms with Crippen molar-refractivity contribution >= 4 is 10.0 Å². The Balaban J connectivity index is 1.90. The third-order valence-corrected chi connectivity index (χ3v) is 5.25. The van der Waals surface area contributed by atoms with E-state index in [9.17, 15) is 8.42 Å². The molecule has 0 saturated carbocycles. The molecule has 6 heteroatoms. The molecule has 0 spiro atoms. The Morgan fingerprint density at radius 3 is 2.42 bits per heavy atom. The Labute approximate surface area is 142 Å². The fraction of sp³-hybridized carbons (Fsp3) is 0.167. The lowest BCUT2D eigenvalue weighted by molar-refractivity contribution is 0.402. The van der Waals surface area contributed by atoms with E-state index in [-0.39, 0.29) is 4.90 Å². The van der Waals surface area contributed by atoms with Crippen molar-refractivity contribution in [3.05, 3.63) is 72.7 Å². The Hall–Kier alpha value is -2.44. The van der Waals surface area contributed by atoms with Crippen molar-refractivity contribution in [2.45, 2.75) is 11.4 Å². The molecule has 5 nitrogen and oxygen atoms in total. The first-order valence-electron chi connectivity index (χ1n) is 7.55. The quantitative estimate of drug-likeness (QED) is 0.716. The number of hydrogen-bond acceptors (Lipinski definition) is 4. The van der Waals surface area contributed by atoms with Gasteiger partial charge in [-0.15, -0.1) is 0 Å². The molecule has 1 aromatic carbocycles. The lowest BCUT2D eigenvalue weighted by atomic mass is 10.1. The molecule has 0 fully saturated rings. The Morgan fingerprint density at radius 1 is 1.04 bits per heavy atom. The smallest absolute Gasteiger partial charge is 0.269 e. The molecule has 2 heterocycles. The first-order chi connectivity index (χ1) is 11.5. The molecule has 0 bridgehead atoms. The number of pyridine rings is 1. The minimum absolute atomic E-state index is 0.173. The molecule has 0 amide bonds.